The predicted molar refractivity (Wildman–Crippen MR) is 40.6 cm³/mol. The summed E-state index contributed by atoms with van der Waals surface area (Å²) in [5.74, 6) is 0. The molecular weight excluding hydrogens is 416 g/mol. The molecule has 20 heavy (non-hydrogen) atoms. The van der Waals surface area contributed by atoms with Crippen molar-refractivity contribution < 1.29 is 239 Å². The summed E-state index contributed by atoms with van der Waals surface area (Å²) in [6.45, 7) is 28.5. The zero-order chi connectivity index (χ0) is 12.0. The Kier molecular flexibility index (Phi) is 4650. The summed E-state index contributed by atoms with van der Waals surface area (Å²) >= 11 is 0. The number of hydrogen-bond acceptors (Lipinski definition) is 6. The quantitative estimate of drug-likeness (QED) is 0.271. The number of nitrogens with zero attached hydrogens (tertiary/aromatic N) is 6. The van der Waals surface area contributed by atoms with Gasteiger partial charge in [-0.25, -0.2) is 0 Å². The first-order valence-electron chi connectivity index (χ1n) is 1.34. The van der Waals surface area contributed by atoms with E-state index in [2.05, 4.69) is 0 Å². The van der Waals surface area contributed by atoms with Gasteiger partial charge >= 0.3 is 223 Å². The second-order valence-corrected chi connectivity index (χ2v) is 0. The van der Waals surface area contributed by atoms with Gasteiger partial charge in [0.2, 0.25) is 0 Å². The normalized spacial score (nSPS) is 0.600. The molecule has 0 aliphatic carbocycles. The van der Waals surface area contributed by atoms with Crippen molar-refractivity contribution in [3.63, 3.8) is 0 Å². The predicted octanol–water partition coefficient (Wildman–Crippen LogP) is -13.9. The summed E-state index contributed by atoms with van der Waals surface area (Å²) < 4.78 is 0. The smallest absolute Gasteiger partial charge is 0.512 e. The summed E-state index contributed by atoms with van der Waals surface area (Å²) in [6.07, 6.45) is 0. The topological polar surface area (TPSA) is 237 Å². The summed E-state index contributed by atoms with van der Waals surface area (Å²) in [5, 5.41) is 37.5. The van der Waals surface area contributed by atoms with Gasteiger partial charge in [-0.2, -0.15) is 0 Å². The fraction of sp³-hybridized carbons (Fsp3) is 0. The minimum Gasteiger partial charge on any atom is -0.512 e. The average Bonchev–Trinajstić information content (AvgIpc) is 2.33. The molecule has 0 unspecified atom stereocenters. The SMILES string of the molecule is O.O.O.[C-]#N.[C-]#N.[C-]#N.[C-]#N.[C-]#N.[C-]#N.[Fe+2].[K+].[K+].[K+].[K+]. The Bertz CT molecular complexity index is 118. The van der Waals surface area contributed by atoms with Gasteiger partial charge in [-0.3, -0.25) is 0 Å². The van der Waals surface area contributed by atoms with Crippen molar-refractivity contribution in [3.8, 4) is 0 Å². The van der Waals surface area contributed by atoms with Crippen LogP contribution in [0, 0.1) is 71.0 Å². The van der Waals surface area contributed by atoms with E-state index in [0.29, 0.717) is 0 Å². The first-order chi connectivity index (χ1) is 6.00. The van der Waals surface area contributed by atoms with Crippen LogP contribution in [0.2, 0.25) is 0 Å². The van der Waals surface area contributed by atoms with E-state index < -0.39 is 0 Å². The van der Waals surface area contributed by atoms with Gasteiger partial charge in [0.15, 0.2) is 0 Å². The van der Waals surface area contributed by atoms with E-state index in [-0.39, 0.29) is 239 Å². The molecule has 0 amide bonds. The maximum absolute atomic E-state index is 6.25. The van der Waals surface area contributed by atoms with E-state index in [1.807, 2.05) is 0 Å². The second kappa shape index (κ2) is 726. The van der Waals surface area contributed by atoms with Gasteiger partial charge in [0.25, 0.3) is 0 Å². The Balaban J connectivity index is -0.00000000167. The molecule has 0 heterocycles. The van der Waals surface area contributed by atoms with Crippen LogP contribution in [0.25, 0.3) is 0 Å². The van der Waals surface area contributed by atoms with E-state index in [9.17, 15) is 0 Å². The maximum atomic E-state index is 6.25. The summed E-state index contributed by atoms with van der Waals surface area (Å²) in [4.78, 5) is 0. The number of rotatable bonds is 0. The van der Waals surface area contributed by atoms with Gasteiger partial charge in [-0.15, -0.1) is 0 Å². The fourth-order valence-electron chi connectivity index (χ4n) is 0. The first-order valence-corrected chi connectivity index (χ1v) is 1.34. The van der Waals surface area contributed by atoms with Crippen LogP contribution < -0.4 is 206 Å². The molecular formula is C6H6FeK4N6O3. The Morgan fingerprint density at radius 3 is 0.300 bits per heavy atom. The van der Waals surface area contributed by atoms with Crippen LogP contribution in [0.3, 0.4) is 0 Å². The molecule has 0 aliphatic rings. The summed E-state index contributed by atoms with van der Waals surface area (Å²) in [5.41, 5.74) is 0. The monoisotopic (exact) mass is 422 g/mol. The second-order valence-electron chi connectivity index (χ2n) is 0. The molecule has 90 valence electrons. The molecule has 14 heteroatoms. The van der Waals surface area contributed by atoms with Crippen molar-refractivity contribution in [1.82, 2.24) is 0 Å². The molecule has 0 aliphatic heterocycles. The molecule has 0 fully saturated rings. The van der Waals surface area contributed by atoms with Crippen molar-refractivity contribution in [2.75, 3.05) is 0 Å². The molecule has 0 spiro atoms. The van der Waals surface area contributed by atoms with E-state index in [0.717, 1.165) is 0 Å². The van der Waals surface area contributed by atoms with Gasteiger partial charge < -0.3 is 87.4 Å². The van der Waals surface area contributed by atoms with Crippen molar-refractivity contribution >= 4 is 0 Å². The maximum Gasteiger partial charge on any atom is 2.00 e. The zero-order valence-electron chi connectivity index (χ0n) is 11.5. The Morgan fingerprint density at radius 1 is 0.300 bits per heavy atom. The number of hydrogen-bond donors (Lipinski definition) is 0. The van der Waals surface area contributed by atoms with Crippen molar-refractivity contribution in [2.45, 2.75) is 0 Å². The van der Waals surface area contributed by atoms with Crippen LogP contribution in [0.4, 0.5) is 0 Å². The molecule has 0 saturated heterocycles. The standard InChI is InChI=1S/6CN.Fe.4K.3H2O/c6*1-2;;;;;;;;/h;;;;;;;;;;;3*1H2/q6*-1;+2;4*+1;;;. The molecule has 0 aromatic carbocycles. The molecule has 0 atom stereocenters. The van der Waals surface area contributed by atoms with Crippen LogP contribution in [-0.4, -0.2) is 16.4 Å². The van der Waals surface area contributed by atoms with Crippen LogP contribution in [0.5, 0.6) is 0 Å². The van der Waals surface area contributed by atoms with Crippen LogP contribution in [0.1, 0.15) is 0 Å². The minimum absolute atomic E-state index is 0. The summed E-state index contributed by atoms with van der Waals surface area (Å²) in [7, 11) is 0. The third-order valence-electron chi connectivity index (χ3n) is 0. The first kappa shape index (κ1) is 128. The zero-order valence-corrected chi connectivity index (χ0v) is 25.1. The molecule has 0 bridgehead atoms. The molecule has 0 aromatic rings. The third kappa shape index (κ3) is 632. The van der Waals surface area contributed by atoms with Crippen LogP contribution in [-0.2, 0) is 17.1 Å². The van der Waals surface area contributed by atoms with Gasteiger partial charge in [-0.1, -0.05) is 0 Å². The Morgan fingerprint density at radius 2 is 0.300 bits per heavy atom. The van der Waals surface area contributed by atoms with Crippen molar-refractivity contribution in [3.05, 3.63) is 39.4 Å². The average molecular weight is 422 g/mol. The van der Waals surface area contributed by atoms with Crippen molar-refractivity contribution in [1.29, 1.82) is 31.6 Å². The van der Waals surface area contributed by atoms with Gasteiger partial charge in [0.05, 0.1) is 0 Å². The molecule has 0 radical (unpaired) electrons. The largest absolute Gasteiger partial charge is 2.00 e. The van der Waals surface area contributed by atoms with Gasteiger partial charge in [-0.05, 0) is 0 Å². The van der Waals surface area contributed by atoms with E-state index in [1.165, 1.54) is 0 Å². The fourth-order valence-corrected chi connectivity index (χ4v) is 0. The third-order valence-corrected chi connectivity index (χ3v) is 0. The van der Waals surface area contributed by atoms with Gasteiger partial charge in [0.1, 0.15) is 0 Å². The van der Waals surface area contributed by atoms with Crippen molar-refractivity contribution in [2.24, 2.45) is 0 Å². The van der Waals surface area contributed by atoms with E-state index >= 15 is 0 Å². The van der Waals surface area contributed by atoms with Gasteiger partial charge in [0, 0.05) is 0 Å². The minimum atomic E-state index is 0. The van der Waals surface area contributed by atoms with E-state index in [1.54, 1.807) is 0 Å². The van der Waals surface area contributed by atoms with Crippen LogP contribution >= 0.6 is 0 Å². The Labute approximate surface area is 301 Å². The molecule has 0 rings (SSSR count). The van der Waals surface area contributed by atoms with Crippen LogP contribution in [0.15, 0.2) is 0 Å². The van der Waals surface area contributed by atoms with E-state index in [4.69, 9.17) is 71.0 Å². The molecule has 9 nitrogen and oxygen atoms in total. The summed E-state index contributed by atoms with van der Waals surface area (Å²) in [6, 6.07) is 0. The Hall–Kier alpha value is 3.88. The molecule has 6 N–H and O–H groups in total. The molecule has 0 saturated carbocycles. The molecule has 0 aromatic heterocycles.